The lowest BCUT2D eigenvalue weighted by Crippen LogP contribution is -2.51. The van der Waals surface area contributed by atoms with Gasteiger partial charge in [0.2, 0.25) is 0 Å². The molecule has 0 amide bonds. The summed E-state index contributed by atoms with van der Waals surface area (Å²) in [5.41, 5.74) is 5.45. The number of hydrogen-bond donors (Lipinski definition) is 0. The highest BCUT2D eigenvalue weighted by molar-refractivity contribution is 5.43. The average Bonchev–Trinajstić information content (AvgIpc) is 2.87. The van der Waals surface area contributed by atoms with Crippen molar-refractivity contribution in [1.82, 2.24) is 0 Å². The van der Waals surface area contributed by atoms with Gasteiger partial charge in [0, 0.05) is 5.41 Å². The summed E-state index contributed by atoms with van der Waals surface area (Å²) in [6.07, 6.45) is 16.5. The maximum atomic E-state index is 4.52. The second-order valence-electron chi connectivity index (χ2n) is 10.1. The fourth-order valence-electron chi connectivity index (χ4n) is 7.51. The average molecular weight is 337 g/mol. The zero-order valence-electron chi connectivity index (χ0n) is 16.8. The molecule has 6 atom stereocenters. The smallest absolute Gasteiger partial charge is 0.0100 e. The summed E-state index contributed by atoms with van der Waals surface area (Å²) in [5, 5.41) is 0. The summed E-state index contributed by atoms with van der Waals surface area (Å²) in [6.45, 7) is 18.7. The molecule has 0 heteroatoms. The van der Waals surface area contributed by atoms with Gasteiger partial charge < -0.3 is 0 Å². The van der Waals surface area contributed by atoms with Gasteiger partial charge in [-0.1, -0.05) is 70.2 Å². The second-order valence-corrected chi connectivity index (χ2v) is 10.1. The summed E-state index contributed by atoms with van der Waals surface area (Å²) in [7, 11) is 0. The van der Waals surface area contributed by atoms with E-state index >= 15 is 0 Å². The maximum absolute atomic E-state index is 4.52. The van der Waals surface area contributed by atoms with Crippen LogP contribution in [0.25, 0.3) is 0 Å². The van der Waals surface area contributed by atoms with Crippen LogP contribution in [-0.4, -0.2) is 0 Å². The molecule has 0 aromatic heterocycles. The van der Waals surface area contributed by atoms with E-state index in [2.05, 4.69) is 59.1 Å². The van der Waals surface area contributed by atoms with Crippen LogP contribution in [0.1, 0.15) is 72.6 Å². The number of allylic oxidation sites excluding steroid dienone is 6. The van der Waals surface area contributed by atoms with E-state index in [1.807, 2.05) is 0 Å². The Morgan fingerprint density at radius 2 is 1.84 bits per heavy atom. The van der Waals surface area contributed by atoms with Crippen molar-refractivity contribution in [2.45, 2.75) is 72.6 Å². The Morgan fingerprint density at radius 3 is 2.56 bits per heavy atom. The molecule has 0 bridgehead atoms. The number of rotatable bonds is 2. The molecule has 4 aliphatic carbocycles. The van der Waals surface area contributed by atoms with E-state index in [4.69, 9.17) is 0 Å². The lowest BCUT2D eigenvalue weighted by molar-refractivity contribution is -0.0516. The topological polar surface area (TPSA) is 0 Å². The van der Waals surface area contributed by atoms with Crippen molar-refractivity contribution in [2.75, 3.05) is 0 Å². The third-order valence-corrected chi connectivity index (χ3v) is 9.46. The molecule has 0 aromatic carbocycles. The fraction of sp³-hybridized carbons (Fsp3) is 0.680. The van der Waals surface area contributed by atoms with Gasteiger partial charge in [0.15, 0.2) is 0 Å². The Hall–Kier alpha value is -1.04. The molecule has 3 saturated carbocycles. The lowest BCUT2D eigenvalue weighted by Gasteiger charge is -2.59. The van der Waals surface area contributed by atoms with Crippen molar-refractivity contribution < 1.29 is 0 Å². The second kappa shape index (κ2) is 5.48. The van der Waals surface area contributed by atoms with Gasteiger partial charge >= 0.3 is 0 Å². The van der Waals surface area contributed by atoms with Crippen LogP contribution in [0, 0.1) is 34.0 Å². The van der Waals surface area contributed by atoms with Crippen LogP contribution < -0.4 is 0 Å². The van der Waals surface area contributed by atoms with Gasteiger partial charge in [-0.25, -0.2) is 0 Å². The highest BCUT2D eigenvalue weighted by atomic mass is 14.7. The van der Waals surface area contributed by atoms with Gasteiger partial charge in [-0.15, -0.1) is 0 Å². The van der Waals surface area contributed by atoms with Crippen molar-refractivity contribution in [3.63, 3.8) is 0 Å². The summed E-state index contributed by atoms with van der Waals surface area (Å²) in [5.74, 6) is 2.60. The van der Waals surface area contributed by atoms with Crippen LogP contribution in [0.2, 0.25) is 0 Å². The van der Waals surface area contributed by atoms with E-state index in [1.165, 1.54) is 49.7 Å². The fourth-order valence-corrected chi connectivity index (χ4v) is 7.51. The number of fused-ring (bicyclic) bond motifs is 5. The molecule has 0 aliphatic heterocycles. The predicted molar refractivity (Wildman–Crippen MR) is 108 cm³/mol. The summed E-state index contributed by atoms with van der Waals surface area (Å²) in [6, 6.07) is 0. The molecule has 3 fully saturated rings. The Labute approximate surface area is 155 Å². The molecular formula is C25H36. The van der Waals surface area contributed by atoms with Crippen LogP contribution >= 0.6 is 0 Å². The Kier molecular flexibility index (Phi) is 3.81. The van der Waals surface area contributed by atoms with E-state index in [9.17, 15) is 0 Å². The Morgan fingerprint density at radius 1 is 1.12 bits per heavy atom. The highest BCUT2D eigenvalue weighted by Crippen LogP contribution is 2.71. The van der Waals surface area contributed by atoms with Crippen molar-refractivity contribution >= 4 is 0 Å². The summed E-state index contributed by atoms with van der Waals surface area (Å²) in [4.78, 5) is 0. The third kappa shape index (κ3) is 2.12. The van der Waals surface area contributed by atoms with Gasteiger partial charge in [-0.05, 0) is 79.1 Å². The minimum absolute atomic E-state index is 0.284. The molecule has 25 heavy (non-hydrogen) atoms. The molecule has 0 N–H and O–H groups in total. The third-order valence-electron chi connectivity index (χ3n) is 9.46. The lowest BCUT2D eigenvalue weighted by atomic mass is 9.45. The predicted octanol–water partition coefficient (Wildman–Crippen LogP) is 7.25. The molecule has 0 saturated heterocycles. The summed E-state index contributed by atoms with van der Waals surface area (Å²) < 4.78 is 0. The van der Waals surface area contributed by atoms with E-state index in [1.54, 1.807) is 5.57 Å². The first kappa shape index (κ1) is 17.4. The van der Waals surface area contributed by atoms with Crippen molar-refractivity contribution in [2.24, 2.45) is 34.0 Å². The van der Waals surface area contributed by atoms with Gasteiger partial charge in [0.05, 0.1) is 0 Å². The van der Waals surface area contributed by atoms with Crippen LogP contribution in [0.4, 0.5) is 0 Å². The monoisotopic (exact) mass is 336 g/mol. The maximum Gasteiger partial charge on any atom is 0.0100 e. The molecule has 6 unspecified atom stereocenters. The Balaban J connectivity index is 1.69. The van der Waals surface area contributed by atoms with Crippen LogP contribution in [-0.2, 0) is 0 Å². The molecule has 136 valence electrons. The molecular weight excluding hydrogens is 300 g/mol. The van der Waals surface area contributed by atoms with E-state index in [0.717, 1.165) is 24.2 Å². The Bertz CT molecular complexity index is 676. The molecule has 0 radical (unpaired) electrons. The van der Waals surface area contributed by atoms with Gasteiger partial charge in [-0.3, -0.25) is 0 Å². The van der Waals surface area contributed by atoms with Gasteiger partial charge in [0.1, 0.15) is 0 Å². The van der Waals surface area contributed by atoms with Crippen LogP contribution in [0.3, 0.4) is 0 Å². The zero-order chi connectivity index (χ0) is 18.0. The largest absolute Gasteiger partial charge is 0.0993 e. The van der Waals surface area contributed by atoms with E-state index < -0.39 is 0 Å². The standard InChI is InChI=1S/C25H36/c1-7-18(3)24(5)14-12-22-20-9-8-19-16-17(2)10-13-23(19,4)21(20)11-15-25(22,24)6/h10,13,16,20-22H,2-3,7-9,11-12,14-15H2,1,4-6H3. The summed E-state index contributed by atoms with van der Waals surface area (Å²) >= 11 is 0. The number of hydrogen-bond acceptors (Lipinski definition) is 0. The van der Waals surface area contributed by atoms with Crippen molar-refractivity contribution in [3.05, 3.63) is 48.1 Å². The zero-order valence-corrected chi connectivity index (χ0v) is 16.8. The van der Waals surface area contributed by atoms with Gasteiger partial charge in [0.25, 0.3) is 0 Å². The van der Waals surface area contributed by atoms with Crippen molar-refractivity contribution in [1.29, 1.82) is 0 Å². The molecule has 0 nitrogen and oxygen atoms in total. The van der Waals surface area contributed by atoms with E-state index in [-0.39, 0.29) is 5.41 Å². The minimum atomic E-state index is 0.284. The highest BCUT2D eigenvalue weighted by Gasteiger charge is 2.62. The van der Waals surface area contributed by atoms with Crippen LogP contribution in [0.5, 0.6) is 0 Å². The molecule has 4 aliphatic rings. The SMILES string of the molecule is C=C1C=CC2(C)C(=C1)CCC1C2CCC2(C)C1CCC2(C)C(=C)CC. The van der Waals surface area contributed by atoms with Crippen LogP contribution in [0.15, 0.2) is 48.1 Å². The van der Waals surface area contributed by atoms with Crippen molar-refractivity contribution in [3.8, 4) is 0 Å². The van der Waals surface area contributed by atoms with E-state index in [0.29, 0.717) is 10.8 Å². The first-order chi connectivity index (χ1) is 11.8. The normalized spacial score (nSPS) is 48.4. The quantitative estimate of drug-likeness (QED) is 0.466. The first-order valence-corrected chi connectivity index (χ1v) is 10.5. The molecule has 0 heterocycles. The first-order valence-electron chi connectivity index (χ1n) is 10.5. The molecule has 4 rings (SSSR count). The molecule has 0 spiro atoms. The van der Waals surface area contributed by atoms with Gasteiger partial charge in [-0.2, -0.15) is 0 Å². The minimum Gasteiger partial charge on any atom is -0.0993 e. The molecule has 0 aromatic rings.